The van der Waals surface area contributed by atoms with Gasteiger partial charge in [0.05, 0.1) is 5.02 Å². The third kappa shape index (κ3) is 4.67. The van der Waals surface area contributed by atoms with Crippen LogP contribution < -0.4 is 10.6 Å². The van der Waals surface area contributed by atoms with E-state index in [1.165, 1.54) is 0 Å². The first-order valence-corrected chi connectivity index (χ1v) is 9.51. The minimum Gasteiger partial charge on any atom is -0.352 e. The van der Waals surface area contributed by atoms with Crippen LogP contribution in [0.1, 0.15) is 15.9 Å². The van der Waals surface area contributed by atoms with Crippen LogP contribution in [0.4, 0.5) is 0 Å². The van der Waals surface area contributed by atoms with Gasteiger partial charge >= 0.3 is 0 Å². The molecule has 2 N–H and O–H groups in total. The quantitative estimate of drug-likeness (QED) is 0.736. The van der Waals surface area contributed by atoms with Crippen molar-refractivity contribution in [2.24, 2.45) is 5.92 Å². The minimum atomic E-state index is -0.0189. The molecule has 126 valence electrons. The monoisotopic (exact) mass is 380 g/mol. The van der Waals surface area contributed by atoms with E-state index in [0.717, 1.165) is 35.8 Å². The third-order valence-corrected chi connectivity index (χ3v) is 5.70. The molecule has 1 aliphatic heterocycles. The van der Waals surface area contributed by atoms with E-state index in [-0.39, 0.29) is 5.91 Å². The van der Waals surface area contributed by atoms with Crippen LogP contribution in [0.15, 0.2) is 47.4 Å². The SMILES string of the molecule is O=C(NCC1CNC1)c1cccc(CSc2cc(Cl)ccc2Cl)c1. The summed E-state index contributed by atoms with van der Waals surface area (Å²) in [4.78, 5) is 13.2. The van der Waals surface area contributed by atoms with E-state index in [2.05, 4.69) is 10.6 Å². The van der Waals surface area contributed by atoms with Crippen molar-refractivity contribution in [2.45, 2.75) is 10.6 Å². The van der Waals surface area contributed by atoms with Crippen LogP contribution in [0.25, 0.3) is 0 Å². The van der Waals surface area contributed by atoms with Gasteiger partial charge in [0.1, 0.15) is 0 Å². The molecule has 3 nitrogen and oxygen atoms in total. The summed E-state index contributed by atoms with van der Waals surface area (Å²) >= 11 is 13.8. The van der Waals surface area contributed by atoms with E-state index in [1.807, 2.05) is 30.3 Å². The fraction of sp³-hybridized carbons (Fsp3) is 0.278. The van der Waals surface area contributed by atoms with E-state index in [1.54, 1.807) is 23.9 Å². The first kappa shape index (κ1) is 17.6. The Morgan fingerprint density at radius 3 is 2.79 bits per heavy atom. The molecule has 0 bridgehead atoms. The van der Waals surface area contributed by atoms with Crippen molar-refractivity contribution in [1.29, 1.82) is 0 Å². The summed E-state index contributed by atoms with van der Waals surface area (Å²) in [6, 6.07) is 13.1. The van der Waals surface area contributed by atoms with Crippen molar-refractivity contribution in [3.05, 3.63) is 63.6 Å². The van der Waals surface area contributed by atoms with Crippen LogP contribution in [0.3, 0.4) is 0 Å². The smallest absolute Gasteiger partial charge is 0.251 e. The average Bonchev–Trinajstić information content (AvgIpc) is 2.54. The summed E-state index contributed by atoms with van der Waals surface area (Å²) in [7, 11) is 0. The van der Waals surface area contributed by atoms with Gasteiger partial charge in [0, 0.05) is 46.8 Å². The molecule has 1 saturated heterocycles. The summed E-state index contributed by atoms with van der Waals surface area (Å²) in [5, 5.41) is 7.55. The number of rotatable bonds is 6. The lowest BCUT2D eigenvalue weighted by molar-refractivity contribution is 0.0942. The molecule has 1 fully saturated rings. The van der Waals surface area contributed by atoms with E-state index >= 15 is 0 Å². The van der Waals surface area contributed by atoms with Crippen LogP contribution in [-0.2, 0) is 5.75 Å². The number of hydrogen-bond acceptors (Lipinski definition) is 3. The fourth-order valence-corrected chi connectivity index (χ4v) is 3.82. The second kappa shape index (κ2) is 8.26. The van der Waals surface area contributed by atoms with Crippen molar-refractivity contribution < 1.29 is 4.79 Å². The highest BCUT2D eigenvalue weighted by atomic mass is 35.5. The first-order valence-electron chi connectivity index (χ1n) is 7.77. The minimum absolute atomic E-state index is 0.0189. The van der Waals surface area contributed by atoms with Crippen LogP contribution in [-0.4, -0.2) is 25.5 Å². The van der Waals surface area contributed by atoms with Gasteiger partial charge in [0.25, 0.3) is 5.91 Å². The largest absolute Gasteiger partial charge is 0.352 e. The number of hydrogen-bond donors (Lipinski definition) is 2. The molecule has 0 unspecified atom stereocenters. The van der Waals surface area contributed by atoms with Gasteiger partial charge in [0.2, 0.25) is 0 Å². The Hall–Kier alpha value is -1.20. The van der Waals surface area contributed by atoms with Gasteiger partial charge in [-0.3, -0.25) is 4.79 Å². The topological polar surface area (TPSA) is 41.1 Å². The lowest BCUT2D eigenvalue weighted by atomic mass is 10.0. The lowest BCUT2D eigenvalue weighted by Gasteiger charge is -2.27. The second-order valence-electron chi connectivity index (χ2n) is 5.80. The maximum absolute atomic E-state index is 12.2. The standard InChI is InChI=1S/C18H18Cl2N2OS/c19-15-4-5-16(20)17(7-15)24-11-12-2-1-3-14(6-12)18(23)22-10-13-8-21-9-13/h1-7,13,21H,8-11H2,(H,22,23). The molecule has 6 heteroatoms. The van der Waals surface area contributed by atoms with Gasteiger partial charge in [-0.2, -0.15) is 0 Å². The van der Waals surface area contributed by atoms with Crippen LogP contribution >= 0.6 is 35.0 Å². The zero-order chi connectivity index (χ0) is 16.9. The lowest BCUT2D eigenvalue weighted by Crippen LogP contribution is -2.48. The van der Waals surface area contributed by atoms with Crippen LogP contribution in [0, 0.1) is 5.92 Å². The van der Waals surface area contributed by atoms with E-state index in [9.17, 15) is 4.79 Å². The molecule has 1 heterocycles. The third-order valence-electron chi connectivity index (χ3n) is 3.89. The molecule has 3 rings (SSSR count). The Morgan fingerprint density at radius 1 is 1.21 bits per heavy atom. The molecule has 1 aliphatic rings. The summed E-state index contributed by atoms with van der Waals surface area (Å²) in [5.74, 6) is 1.26. The van der Waals surface area contributed by atoms with Crippen LogP contribution in [0.2, 0.25) is 10.0 Å². The predicted octanol–water partition coefficient (Wildman–Crippen LogP) is 4.23. The molecule has 0 aliphatic carbocycles. The van der Waals surface area contributed by atoms with Gasteiger partial charge in [0.15, 0.2) is 0 Å². The highest BCUT2D eigenvalue weighted by Crippen LogP contribution is 2.32. The van der Waals surface area contributed by atoms with Crippen molar-refractivity contribution in [2.75, 3.05) is 19.6 Å². The number of halogens is 2. The number of thioether (sulfide) groups is 1. The number of nitrogens with one attached hydrogen (secondary N) is 2. The zero-order valence-corrected chi connectivity index (χ0v) is 15.3. The Morgan fingerprint density at radius 2 is 2.04 bits per heavy atom. The zero-order valence-electron chi connectivity index (χ0n) is 13.0. The highest BCUT2D eigenvalue weighted by molar-refractivity contribution is 7.98. The average molecular weight is 381 g/mol. The van der Waals surface area contributed by atoms with Gasteiger partial charge in [-0.15, -0.1) is 11.8 Å². The van der Waals surface area contributed by atoms with Crippen LogP contribution in [0.5, 0.6) is 0 Å². The molecular formula is C18H18Cl2N2OS. The highest BCUT2D eigenvalue weighted by Gasteiger charge is 2.17. The number of carbonyl (C=O) groups is 1. The Balaban J connectivity index is 1.60. The van der Waals surface area contributed by atoms with E-state index < -0.39 is 0 Å². The molecular weight excluding hydrogens is 363 g/mol. The normalized spacial score (nSPS) is 14.2. The molecule has 24 heavy (non-hydrogen) atoms. The number of benzene rings is 2. The molecule has 0 saturated carbocycles. The maximum atomic E-state index is 12.2. The van der Waals surface area contributed by atoms with Crippen molar-refractivity contribution in [1.82, 2.24) is 10.6 Å². The van der Waals surface area contributed by atoms with Crippen molar-refractivity contribution >= 4 is 40.9 Å². The summed E-state index contributed by atoms with van der Waals surface area (Å²) in [5.41, 5.74) is 1.77. The number of amides is 1. The Bertz CT molecular complexity index is 735. The van der Waals surface area contributed by atoms with Crippen molar-refractivity contribution in [3.63, 3.8) is 0 Å². The molecule has 0 aromatic heterocycles. The van der Waals surface area contributed by atoms with E-state index in [4.69, 9.17) is 23.2 Å². The van der Waals surface area contributed by atoms with Gasteiger partial charge in [-0.05, 0) is 35.9 Å². The maximum Gasteiger partial charge on any atom is 0.251 e. The Kier molecular flexibility index (Phi) is 6.06. The molecule has 2 aromatic carbocycles. The summed E-state index contributed by atoms with van der Waals surface area (Å²) in [6.07, 6.45) is 0. The second-order valence-corrected chi connectivity index (χ2v) is 7.66. The predicted molar refractivity (Wildman–Crippen MR) is 101 cm³/mol. The molecule has 0 spiro atoms. The van der Waals surface area contributed by atoms with Crippen molar-refractivity contribution in [3.8, 4) is 0 Å². The molecule has 0 atom stereocenters. The molecule has 2 aromatic rings. The molecule has 1 amide bonds. The summed E-state index contributed by atoms with van der Waals surface area (Å²) < 4.78 is 0. The first-order chi connectivity index (χ1) is 11.6. The van der Waals surface area contributed by atoms with Gasteiger partial charge < -0.3 is 10.6 Å². The number of carbonyl (C=O) groups excluding carboxylic acids is 1. The molecule has 0 radical (unpaired) electrons. The van der Waals surface area contributed by atoms with Gasteiger partial charge in [-0.1, -0.05) is 35.3 Å². The fourth-order valence-electron chi connectivity index (χ4n) is 2.38. The summed E-state index contributed by atoms with van der Waals surface area (Å²) in [6.45, 7) is 2.69. The van der Waals surface area contributed by atoms with Gasteiger partial charge in [-0.25, -0.2) is 0 Å². The van der Waals surface area contributed by atoms with E-state index in [0.29, 0.717) is 21.5 Å². The Labute approximate surface area is 156 Å².